The van der Waals surface area contributed by atoms with Gasteiger partial charge >= 0.3 is 0 Å². The van der Waals surface area contributed by atoms with Crippen LogP contribution in [-0.4, -0.2) is 43.2 Å². The number of nitrogens with two attached hydrogens (primary N) is 1. The van der Waals surface area contributed by atoms with Crippen molar-refractivity contribution in [1.82, 2.24) is 4.90 Å². The third-order valence-corrected chi connectivity index (χ3v) is 2.94. The lowest BCUT2D eigenvalue weighted by Crippen LogP contribution is -2.44. The molecule has 1 fully saturated rings. The van der Waals surface area contributed by atoms with Crippen LogP contribution in [0.3, 0.4) is 0 Å². The first kappa shape index (κ1) is 16.7. The summed E-state index contributed by atoms with van der Waals surface area (Å²) >= 11 is 0. The average molecular weight is 265 g/mol. The molecule has 0 radical (unpaired) electrons. The Morgan fingerprint density at radius 2 is 2.06 bits per heavy atom. The summed E-state index contributed by atoms with van der Waals surface area (Å²) < 4.78 is 5.41. The molecule has 1 saturated heterocycles. The normalized spacial score (nSPS) is 19.9. The third-order valence-electron chi connectivity index (χ3n) is 2.94. The molecule has 1 aliphatic rings. The minimum absolute atomic E-state index is 0. The van der Waals surface area contributed by atoms with Crippen LogP contribution in [0.4, 0.5) is 0 Å². The van der Waals surface area contributed by atoms with Crippen LogP contribution in [0.25, 0.3) is 0 Å². The topological polar surface area (TPSA) is 55.6 Å². The van der Waals surface area contributed by atoms with Crippen LogP contribution >= 0.6 is 12.4 Å². The van der Waals surface area contributed by atoms with Crippen molar-refractivity contribution in [3.05, 3.63) is 0 Å². The Bertz CT molecular complexity index is 215. The van der Waals surface area contributed by atoms with Crippen molar-refractivity contribution in [3.63, 3.8) is 0 Å². The first-order valence-corrected chi connectivity index (χ1v) is 6.33. The molecule has 17 heavy (non-hydrogen) atoms. The van der Waals surface area contributed by atoms with Gasteiger partial charge < -0.3 is 15.4 Å². The second-order valence-electron chi connectivity index (χ2n) is 4.47. The minimum atomic E-state index is 0. The highest BCUT2D eigenvalue weighted by Gasteiger charge is 2.20. The summed E-state index contributed by atoms with van der Waals surface area (Å²) in [6, 6.07) is 0. The molecule has 5 heteroatoms. The Labute approximate surface area is 110 Å². The molecule has 1 unspecified atom stereocenters. The van der Waals surface area contributed by atoms with Gasteiger partial charge in [0, 0.05) is 19.5 Å². The van der Waals surface area contributed by atoms with E-state index in [0.29, 0.717) is 13.0 Å². The molecule has 0 spiro atoms. The molecule has 0 aromatic carbocycles. The van der Waals surface area contributed by atoms with E-state index in [1.54, 1.807) is 0 Å². The number of ether oxygens (including phenoxy) is 1. The van der Waals surface area contributed by atoms with Gasteiger partial charge in [0.25, 0.3) is 0 Å². The van der Waals surface area contributed by atoms with E-state index in [1.807, 2.05) is 11.8 Å². The largest absolute Gasteiger partial charge is 0.375 e. The summed E-state index contributed by atoms with van der Waals surface area (Å²) in [7, 11) is 0. The van der Waals surface area contributed by atoms with E-state index in [1.165, 1.54) is 0 Å². The van der Waals surface area contributed by atoms with Crippen molar-refractivity contribution >= 4 is 18.3 Å². The van der Waals surface area contributed by atoms with Crippen molar-refractivity contribution < 1.29 is 9.53 Å². The standard InChI is InChI=1S/C12H24N2O2.ClH/c1-11-10-14(8-9-16-11)12(15)6-4-2-3-5-7-13;/h11H,2-10,13H2,1H3;1H. The number of unbranched alkanes of at least 4 members (excludes halogenated alkanes) is 3. The summed E-state index contributed by atoms with van der Waals surface area (Å²) in [5, 5.41) is 0. The van der Waals surface area contributed by atoms with E-state index < -0.39 is 0 Å². The SMILES string of the molecule is CC1CN(C(=O)CCCCCCN)CCO1.Cl. The number of hydrogen-bond donors (Lipinski definition) is 1. The van der Waals surface area contributed by atoms with Gasteiger partial charge in [-0.15, -0.1) is 12.4 Å². The molecular weight excluding hydrogens is 240 g/mol. The summed E-state index contributed by atoms with van der Waals surface area (Å²) in [6.45, 7) is 4.96. The third kappa shape index (κ3) is 6.86. The average Bonchev–Trinajstić information content (AvgIpc) is 2.28. The minimum Gasteiger partial charge on any atom is -0.375 e. The summed E-state index contributed by atoms with van der Waals surface area (Å²) in [5.74, 6) is 0.280. The lowest BCUT2D eigenvalue weighted by atomic mass is 10.1. The highest BCUT2D eigenvalue weighted by Crippen LogP contribution is 2.09. The molecule has 102 valence electrons. The number of amides is 1. The molecular formula is C12H25ClN2O2. The van der Waals surface area contributed by atoms with Crippen LogP contribution in [0.15, 0.2) is 0 Å². The number of hydrogen-bond acceptors (Lipinski definition) is 3. The lowest BCUT2D eigenvalue weighted by Gasteiger charge is -2.31. The summed E-state index contributed by atoms with van der Waals surface area (Å²) in [5.41, 5.74) is 5.41. The molecule has 1 amide bonds. The number of carbonyl (C=O) groups excluding carboxylic acids is 1. The Kier molecular flexibility index (Phi) is 9.50. The zero-order valence-corrected chi connectivity index (χ0v) is 11.5. The van der Waals surface area contributed by atoms with Gasteiger partial charge in [-0.1, -0.05) is 12.8 Å². The van der Waals surface area contributed by atoms with Crippen LogP contribution in [0.5, 0.6) is 0 Å². The predicted molar refractivity (Wildman–Crippen MR) is 71.4 cm³/mol. The maximum atomic E-state index is 11.8. The van der Waals surface area contributed by atoms with Gasteiger partial charge in [0.2, 0.25) is 5.91 Å². The van der Waals surface area contributed by atoms with Crippen molar-refractivity contribution in [2.24, 2.45) is 5.73 Å². The fraction of sp³-hybridized carbons (Fsp3) is 0.917. The second-order valence-corrected chi connectivity index (χ2v) is 4.47. The zero-order valence-electron chi connectivity index (χ0n) is 10.7. The molecule has 1 atom stereocenters. The van der Waals surface area contributed by atoms with E-state index in [2.05, 4.69) is 0 Å². The maximum absolute atomic E-state index is 11.8. The van der Waals surface area contributed by atoms with Crippen molar-refractivity contribution in [2.75, 3.05) is 26.2 Å². The van der Waals surface area contributed by atoms with E-state index in [-0.39, 0.29) is 24.4 Å². The number of nitrogens with zero attached hydrogens (tertiary/aromatic N) is 1. The Hall–Kier alpha value is -0.320. The highest BCUT2D eigenvalue weighted by atomic mass is 35.5. The van der Waals surface area contributed by atoms with Gasteiger partial charge in [0.05, 0.1) is 12.7 Å². The first-order chi connectivity index (χ1) is 7.74. The number of rotatable bonds is 6. The Morgan fingerprint density at radius 1 is 1.35 bits per heavy atom. The molecule has 0 aromatic rings. The molecule has 0 aliphatic carbocycles. The molecule has 1 aliphatic heterocycles. The second kappa shape index (κ2) is 9.68. The number of morpholine rings is 1. The molecule has 0 bridgehead atoms. The van der Waals surface area contributed by atoms with E-state index in [9.17, 15) is 4.79 Å². The Morgan fingerprint density at radius 3 is 2.71 bits per heavy atom. The summed E-state index contributed by atoms with van der Waals surface area (Å²) in [6.07, 6.45) is 5.19. The number of halogens is 1. The predicted octanol–water partition coefficient (Wildman–Crippen LogP) is 1.56. The van der Waals surface area contributed by atoms with Gasteiger partial charge in [-0.3, -0.25) is 4.79 Å². The van der Waals surface area contributed by atoms with Gasteiger partial charge in [0.15, 0.2) is 0 Å². The Balaban J connectivity index is 0.00000256. The fourth-order valence-corrected chi connectivity index (χ4v) is 1.98. The van der Waals surface area contributed by atoms with Gasteiger partial charge in [-0.2, -0.15) is 0 Å². The quantitative estimate of drug-likeness (QED) is 0.741. The fourth-order valence-electron chi connectivity index (χ4n) is 1.98. The summed E-state index contributed by atoms with van der Waals surface area (Å²) in [4.78, 5) is 13.7. The molecule has 4 nitrogen and oxygen atoms in total. The molecule has 2 N–H and O–H groups in total. The maximum Gasteiger partial charge on any atom is 0.222 e. The zero-order chi connectivity index (χ0) is 11.8. The molecule has 0 saturated carbocycles. The van der Waals surface area contributed by atoms with E-state index in [0.717, 1.165) is 45.3 Å². The van der Waals surface area contributed by atoms with Gasteiger partial charge in [0.1, 0.15) is 0 Å². The monoisotopic (exact) mass is 264 g/mol. The van der Waals surface area contributed by atoms with Crippen molar-refractivity contribution in [3.8, 4) is 0 Å². The molecule has 0 aromatic heterocycles. The van der Waals surface area contributed by atoms with Crippen LogP contribution < -0.4 is 5.73 Å². The van der Waals surface area contributed by atoms with Gasteiger partial charge in [-0.05, 0) is 26.3 Å². The van der Waals surface area contributed by atoms with Crippen LogP contribution in [0.1, 0.15) is 39.0 Å². The lowest BCUT2D eigenvalue weighted by molar-refractivity contribution is -0.138. The highest BCUT2D eigenvalue weighted by molar-refractivity contribution is 5.85. The smallest absolute Gasteiger partial charge is 0.222 e. The molecule has 1 rings (SSSR count). The number of carbonyl (C=O) groups is 1. The van der Waals surface area contributed by atoms with E-state index >= 15 is 0 Å². The van der Waals surface area contributed by atoms with Gasteiger partial charge in [-0.25, -0.2) is 0 Å². The molecule has 1 heterocycles. The van der Waals surface area contributed by atoms with Crippen molar-refractivity contribution in [1.29, 1.82) is 0 Å². The van der Waals surface area contributed by atoms with E-state index in [4.69, 9.17) is 10.5 Å². The first-order valence-electron chi connectivity index (χ1n) is 6.33. The van der Waals surface area contributed by atoms with Crippen molar-refractivity contribution in [2.45, 2.75) is 45.1 Å². The van der Waals surface area contributed by atoms with Crippen LogP contribution in [-0.2, 0) is 9.53 Å². The van der Waals surface area contributed by atoms with Crippen LogP contribution in [0.2, 0.25) is 0 Å². The van der Waals surface area contributed by atoms with Crippen LogP contribution in [0, 0.1) is 0 Å².